The van der Waals surface area contributed by atoms with Gasteiger partial charge in [-0.15, -0.1) is 0 Å². The van der Waals surface area contributed by atoms with Gasteiger partial charge in [-0.3, -0.25) is 4.79 Å². The third-order valence-corrected chi connectivity index (χ3v) is 8.61. The molecule has 2 aromatic heterocycles. The van der Waals surface area contributed by atoms with Crippen molar-refractivity contribution in [3.8, 4) is 11.3 Å². The van der Waals surface area contributed by atoms with Gasteiger partial charge in [-0.1, -0.05) is 60.7 Å². The molecule has 0 saturated carbocycles. The van der Waals surface area contributed by atoms with Gasteiger partial charge < -0.3 is 16.0 Å². The molecule has 1 fully saturated rings. The average Bonchev–Trinajstić information content (AvgIpc) is 3.36. The fraction of sp³-hybridized carbons (Fsp3) is 0.219. The van der Waals surface area contributed by atoms with Crippen LogP contribution in [0, 0.1) is 12.7 Å². The van der Waals surface area contributed by atoms with Crippen molar-refractivity contribution in [2.24, 2.45) is 5.73 Å². The van der Waals surface area contributed by atoms with Gasteiger partial charge in [-0.25, -0.2) is 9.37 Å². The number of nitrogens with one attached hydrogen (secondary N) is 1. The molecule has 3 heterocycles. The first-order valence-corrected chi connectivity index (χ1v) is 14.5. The number of carbonyl (C=O) groups excluding carboxylic acids is 1. The number of fused-ring (bicyclic) bond motifs is 1. The Bertz CT molecular complexity index is 1730. The lowest BCUT2D eigenvalue weighted by molar-refractivity contribution is 0.0713. The van der Waals surface area contributed by atoms with Crippen LogP contribution in [0.1, 0.15) is 45.8 Å². The quantitative estimate of drug-likeness (QED) is 0.219. The Morgan fingerprint density at radius 3 is 2.54 bits per heavy atom. The van der Waals surface area contributed by atoms with Crippen LogP contribution >= 0.6 is 15.9 Å². The Balaban J connectivity index is 1.42. The Kier molecular flexibility index (Phi) is 7.55. The number of anilines is 2. The summed E-state index contributed by atoms with van der Waals surface area (Å²) < 4.78 is 16.8. The van der Waals surface area contributed by atoms with Crippen molar-refractivity contribution < 1.29 is 9.18 Å². The summed E-state index contributed by atoms with van der Waals surface area (Å²) in [7, 11) is 0. The van der Waals surface area contributed by atoms with E-state index in [1.165, 1.54) is 11.6 Å². The van der Waals surface area contributed by atoms with Crippen LogP contribution in [0.25, 0.3) is 16.9 Å². The summed E-state index contributed by atoms with van der Waals surface area (Å²) in [5.41, 5.74) is 11.7. The normalized spacial score (nSPS) is 14.0. The summed E-state index contributed by atoms with van der Waals surface area (Å²) in [5.74, 6) is 0.366. The Hall–Kier alpha value is -4.08. The molecule has 0 radical (unpaired) electrons. The van der Waals surface area contributed by atoms with E-state index < -0.39 is 0 Å². The average molecular weight is 614 g/mol. The van der Waals surface area contributed by atoms with Crippen LogP contribution in [0.2, 0.25) is 0 Å². The smallest absolute Gasteiger partial charge is 0.259 e. The predicted molar refractivity (Wildman–Crippen MR) is 163 cm³/mol. The van der Waals surface area contributed by atoms with Crippen LogP contribution in [0.4, 0.5) is 15.9 Å². The molecule has 1 amide bonds. The lowest BCUT2D eigenvalue weighted by Crippen LogP contribution is -2.38. The second-order valence-corrected chi connectivity index (χ2v) is 11.1. The van der Waals surface area contributed by atoms with Crippen molar-refractivity contribution >= 4 is 39.0 Å². The molecule has 208 valence electrons. The molecule has 0 bridgehead atoms. The van der Waals surface area contributed by atoms with Gasteiger partial charge in [0.05, 0.1) is 4.47 Å². The van der Waals surface area contributed by atoms with Crippen LogP contribution in [-0.2, 0) is 6.54 Å². The summed E-state index contributed by atoms with van der Waals surface area (Å²) in [6.07, 6.45) is 3.35. The molecule has 41 heavy (non-hydrogen) atoms. The van der Waals surface area contributed by atoms with E-state index in [2.05, 4.69) is 50.5 Å². The molecule has 0 unspecified atom stereocenters. The number of hydrogen-bond acceptors (Lipinski definition) is 5. The van der Waals surface area contributed by atoms with Crippen molar-refractivity contribution in [2.45, 2.75) is 32.2 Å². The monoisotopic (exact) mass is 612 g/mol. The molecule has 0 atom stereocenters. The maximum absolute atomic E-state index is 14.5. The largest absolute Gasteiger partial charge is 0.339 e. The molecular formula is C32H30BrFN6O. The number of halogens is 2. The molecule has 3 N–H and O–H groups in total. The Morgan fingerprint density at radius 1 is 1.05 bits per heavy atom. The molecular weight excluding hydrogens is 583 g/mol. The number of amides is 1. The number of aromatic nitrogens is 3. The van der Waals surface area contributed by atoms with Gasteiger partial charge in [0, 0.05) is 42.6 Å². The minimum atomic E-state index is -0.338. The Morgan fingerprint density at radius 2 is 1.78 bits per heavy atom. The van der Waals surface area contributed by atoms with Gasteiger partial charge in [0.2, 0.25) is 0 Å². The first kappa shape index (κ1) is 27.1. The van der Waals surface area contributed by atoms with Gasteiger partial charge in [-0.05, 0) is 64.9 Å². The zero-order valence-corrected chi connectivity index (χ0v) is 24.2. The van der Waals surface area contributed by atoms with Crippen molar-refractivity contribution in [1.29, 1.82) is 0 Å². The van der Waals surface area contributed by atoms with Gasteiger partial charge in [0.1, 0.15) is 22.9 Å². The second kappa shape index (κ2) is 11.4. The molecule has 0 spiro atoms. The van der Waals surface area contributed by atoms with Crippen molar-refractivity contribution in [1.82, 2.24) is 19.5 Å². The third-order valence-electron chi connectivity index (χ3n) is 7.88. The van der Waals surface area contributed by atoms with Crippen LogP contribution < -0.4 is 11.1 Å². The van der Waals surface area contributed by atoms with Gasteiger partial charge in [-0.2, -0.15) is 9.61 Å². The highest BCUT2D eigenvalue weighted by Crippen LogP contribution is 2.36. The molecule has 1 aliphatic heterocycles. The van der Waals surface area contributed by atoms with E-state index in [-0.39, 0.29) is 11.7 Å². The van der Waals surface area contributed by atoms with E-state index in [1.807, 2.05) is 35.2 Å². The van der Waals surface area contributed by atoms with Crippen molar-refractivity contribution in [2.75, 3.05) is 18.4 Å². The van der Waals surface area contributed by atoms with Gasteiger partial charge in [0.25, 0.3) is 5.91 Å². The van der Waals surface area contributed by atoms with Crippen LogP contribution in [0.5, 0.6) is 0 Å². The lowest BCUT2D eigenvalue weighted by Gasteiger charge is -2.32. The first-order valence-electron chi connectivity index (χ1n) is 13.7. The topological polar surface area (TPSA) is 88.5 Å². The second-order valence-electron chi connectivity index (χ2n) is 10.3. The highest BCUT2D eigenvalue weighted by molar-refractivity contribution is 9.10. The standard InChI is InChI=1S/C32H30BrFN6O/c1-20-26(34)12-7-13-27(20)37-30-25(32(41)39-16-14-22(15-17-39)21-8-3-2-4-9-21)19-36-31-28(33)29(38-40(30)31)24-11-6-5-10-23(24)18-35/h2-13,19,22,37H,14-18,35H2,1H3. The molecule has 1 aliphatic rings. The molecule has 6 rings (SSSR count). The summed E-state index contributed by atoms with van der Waals surface area (Å²) >= 11 is 3.69. The van der Waals surface area contributed by atoms with Gasteiger partial charge >= 0.3 is 0 Å². The number of rotatable bonds is 6. The number of nitrogens with two attached hydrogens (primary N) is 1. The fourth-order valence-electron chi connectivity index (χ4n) is 5.52. The van der Waals surface area contributed by atoms with E-state index in [0.29, 0.717) is 64.0 Å². The molecule has 5 aromatic rings. The molecule has 9 heteroatoms. The summed E-state index contributed by atoms with van der Waals surface area (Å²) in [5, 5.41) is 8.23. The fourth-order valence-corrected chi connectivity index (χ4v) is 6.08. The van der Waals surface area contributed by atoms with E-state index in [1.54, 1.807) is 29.8 Å². The van der Waals surface area contributed by atoms with Crippen LogP contribution in [0.15, 0.2) is 83.5 Å². The van der Waals surface area contributed by atoms with Gasteiger partial charge in [0.15, 0.2) is 5.65 Å². The molecule has 1 saturated heterocycles. The Labute approximate surface area is 246 Å². The number of piperidine rings is 1. The van der Waals surface area contributed by atoms with Crippen molar-refractivity contribution in [3.05, 3.63) is 112 Å². The third kappa shape index (κ3) is 5.11. The number of likely N-dealkylation sites (tertiary alicyclic amines) is 1. The summed E-state index contributed by atoms with van der Waals surface area (Å²) in [4.78, 5) is 20.5. The first-order chi connectivity index (χ1) is 20.0. The van der Waals surface area contributed by atoms with E-state index in [9.17, 15) is 9.18 Å². The van der Waals surface area contributed by atoms with Crippen LogP contribution in [0.3, 0.4) is 0 Å². The van der Waals surface area contributed by atoms with E-state index >= 15 is 0 Å². The predicted octanol–water partition coefficient (Wildman–Crippen LogP) is 6.83. The van der Waals surface area contributed by atoms with Crippen LogP contribution in [-0.4, -0.2) is 38.5 Å². The lowest BCUT2D eigenvalue weighted by atomic mass is 9.89. The van der Waals surface area contributed by atoms with E-state index in [4.69, 9.17) is 10.8 Å². The minimum Gasteiger partial charge on any atom is -0.339 e. The summed E-state index contributed by atoms with van der Waals surface area (Å²) in [6.45, 7) is 3.31. The maximum atomic E-state index is 14.5. The maximum Gasteiger partial charge on any atom is 0.259 e. The van der Waals surface area contributed by atoms with Crippen molar-refractivity contribution in [3.63, 3.8) is 0 Å². The zero-order chi connectivity index (χ0) is 28.5. The number of nitrogens with zero attached hydrogens (tertiary/aromatic N) is 4. The highest BCUT2D eigenvalue weighted by Gasteiger charge is 2.29. The number of benzene rings is 3. The highest BCUT2D eigenvalue weighted by atomic mass is 79.9. The minimum absolute atomic E-state index is 0.141. The molecule has 3 aromatic carbocycles. The summed E-state index contributed by atoms with van der Waals surface area (Å²) in [6, 6.07) is 23.1. The molecule has 0 aliphatic carbocycles. The number of carbonyl (C=O) groups is 1. The zero-order valence-electron chi connectivity index (χ0n) is 22.6. The number of hydrogen-bond donors (Lipinski definition) is 2. The molecule has 7 nitrogen and oxygen atoms in total. The SMILES string of the molecule is Cc1c(F)cccc1Nc1c(C(=O)N2CCC(c3ccccc3)CC2)cnc2c(Br)c(-c3ccccc3CN)nn12. The van der Waals surface area contributed by atoms with E-state index in [0.717, 1.165) is 24.0 Å².